The quantitative estimate of drug-likeness (QED) is 0.790. The fourth-order valence-corrected chi connectivity index (χ4v) is 3.35. The number of aromatic nitrogens is 2. The van der Waals surface area contributed by atoms with Crippen LogP contribution in [0.1, 0.15) is 56.6 Å². The second kappa shape index (κ2) is 6.94. The molecule has 0 atom stereocenters. The van der Waals surface area contributed by atoms with Gasteiger partial charge in [-0.15, -0.1) is 0 Å². The summed E-state index contributed by atoms with van der Waals surface area (Å²) in [6.45, 7) is 0. The first-order chi connectivity index (χ1) is 12.2. The summed E-state index contributed by atoms with van der Waals surface area (Å²) in [6, 6.07) is 6.32. The van der Waals surface area contributed by atoms with Gasteiger partial charge in [-0.2, -0.15) is 4.98 Å². The maximum atomic E-state index is 13.9. The third kappa shape index (κ3) is 3.89. The molecule has 2 aromatic rings. The number of halogens is 2. The lowest BCUT2D eigenvalue weighted by atomic mass is 9.96. The van der Waals surface area contributed by atoms with Gasteiger partial charge in [-0.05, 0) is 37.8 Å². The van der Waals surface area contributed by atoms with Crippen molar-refractivity contribution in [2.24, 2.45) is 0 Å². The number of hydrogen-bond acceptors (Lipinski definition) is 4. The molecule has 0 radical (unpaired) electrons. The Morgan fingerprint density at radius 3 is 2.52 bits per heavy atom. The van der Waals surface area contributed by atoms with E-state index in [2.05, 4.69) is 20.6 Å². The Labute approximate surface area is 146 Å². The lowest BCUT2D eigenvalue weighted by molar-refractivity contribution is 0.460. The van der Waals surface area contributed by atoms with Crippen LogP contribution < -0.4 is 10.6 Å². The molecule has 25 heavy (non-hydrogen) atoms. The Hall–Kier alpha value is -2.24. The molecule has 1 aromatic heterocycles. The predicted octanol–water partition coefficient (Wildman–Crippen LogP) is 5.12. The number of nitrogens with one attached hydrogen (secondary N) is 2. The van der Waals surface area contributed by atoms with E-state index in [4.69, 9.17) is 0 Å². The molecule has 2 saturated carbocycles. The molecule has 0 saturated heterocycles. The van der Waals surface area contributed by atoms with E-state index in [1.807, 2.05) is 6.07 Å². The van der Waals surface area contributed by atoms with Gasteiger partial charge in [0.2, 0.25) is 5.95 Å². The summed E-state index contributed by atoms with van der Waals surface area (Å²) in [5, 5.41) is 6.33. The Balaban J connectivity index is 1.58. The molecule has 6 heteroatoms. The first-order valence-corrected chi connectivity index (χ1v) is 9.05. The van der Waals surface area contributed by atoms with Gasteiger partial charge in [0.25, 0.3) is 0 Å². The van der Waals surface area contributed by atoms with Crippen molar-refractivity contribution in [1.29, 1.82) is 0 Å². The Bertz CT molecular complexity index is 755. The standard InChI is InChI=1S/C19H22F2N4/c20-14-7-4-8-15(18(14)21)23-17-11-16(12-9-10-12)24-19(25-17)22-13-5-2-1-3-6-13/h4,7-8,11-13H,1-3,5-6,9-10H2,(H2,22,23,24,25). The lowest BCUT2D eigenvalue weighted by Crippen LogP contribution is -2.23. The lowest BCUT2D eigenvalue weighted by Gasteiger charge is -2.23. The van der Waals surface area contributed by atoms with Gasteiger partial charge in [-0.25, -0.2) is 13.8 Å². The van der Waals surface area contributed by atoms with Crippen molar-refractivity contribution >= 4 is 17.5 Å². The monoisotopic (exact) mass is 344 g/mol. The second-order valence-electron chi connectivity index (χ2n) is 6.98. The Kier molecular flexibility index (Phi) is 4.51. The van der Waals surface area contributed by atoms with E-state index in [0.29, 0.717) is 23.7 Å². The third-order valence-corrected chi connectivity index (χ3v) is 4.89. The van der Waals surface area contributed by atoms with Crippen LogP contribution in [0.25, 0.3) is 0 Å². The molecule has 0 aliphatic heterocycles. The highest BCUT2D eigenvalue weighted by atomic mass is 19.2. The van der Waals surface area contributed by atoms with Crippen LogP contribution in [0.5, 0.6) is 0 Å². The predicted molar refractivity (Wildman–Crippen MR) is 94.1 cm³/mol. The van der Waals surface area contributed by atoms with Crippen molar-refractivity contribution in [2.45, 2.75) is 56.9 Å². The second-order valence-corrected chi connectivity index (χ2v) is 6.98. The van der Waals surface area contributed by atoms with E-state index in [0.717, 1.165) is 37.4 Å². The van der Waals surface area contributed by atoms with Crippen molar-refractivity contribution in [3.8, 4) is 0 Å². The maximum absolute atomic E-state index is 13.9. The smallest absolute Gasteiger partial charge is 0.225 e. The summed E-state index contributed by atoms with van der Waals surface area (Å²) >= 11 is 0. The van der Waals surface area contributed by atoms with E-state index in [1.165, 1.54) is 31.4 Å². The highest BCUT2D eigenvalue weighted by Crippen LogP contribution is 2.40. The zero-order chi connectivity index (χ0) is 17.2. The van der Waals surface area contributed by atoms with Gasteiger partial charge >= 0.3 is 0 Å². The van der Waals surface area contributed by atoms with Gasteiger partial charge in [0.05, 0.1) is 11.4 Å². The molecule has 0 bridgehead atoms. The zero-order valence-electron chi connectivity index (χ0n) is 14.1. The van der Waals surface area contributed by atoms with Crippen LogP contribution in [-0.2, 0) is 0 Å². The molecule has 1 aromatic carbocycles. The van der Waals surface area contributed by atoms with E-state index >= 15 is 0 Å². The summed E-state index contributed by atoms with van der Waals surface area (Å²) in [6.07, 6.45) is 8.21. The highest BCUT2D eigenvalue weighted by Gasteiger charge is 2.27. The molecule has 4 rings (SSSR count). The zero-order valence-corrected chi connectivity index (χ0v) is 14.1. The number of rotatable bonds is 5. The van der Waals surface area contributed by atoms with E-state index < -0.39 is 11.6 Å². The minimum absolute atomic E-state index is 0.0871. The number of benzene rings is 1. The van der Waals surface area contributed by atoms with E-state index in [-0.39, 0.29) is 5.69 Å². The van der Waals surface area contributed by atoms with Crippen molar-refractivity contribution in [3.63, 3.8) is 0 Å². The van der Waals surface area contributed by atoms with Gasteiger partial charge in [-0.3, -0.25) is 0 Å². The van der Waals surface area contributed by atoms with Gasteiger partial charge in [0.15, 0.2) is 11.6 Å². The topological polar surface area (TPSA) is 49.8 Å². The number of anilines is 3. The highest BCUT2D eigenvalue weighted by molar-refractivity contribution is 5.58. The molecule has 1 heterocycles. The van der Waals surface area contributed by atoms with Gasteiger partial charge < -0.3 is 10.6 Å². The third-order valence-electron chi connectivity index (χ3n) is 4.89. The van der Waals surface area contributed by atoms with Crippen molar-refractivity contribution in [3.05, 3.63) is 41.6 Å². The summed E-state index contributed by atoms with van der Waals surface area (Å²) in [4.78, 5) is 9.12. The normalized spacial score (nSPS) is 18.2. The van der Waals surface area contributed by atoms with Crippen LogP contribution in [0.15, 0.2) is 24.3 Å². The molecule has 0 amide bonds. The maximum Gasteiger partial charge on any atom is 0.225 e. The van der Waals surface area contributed by atoms with Crippen LogP contribution in [0.3, 0.4) is 0 Å². The summed E-state index contributed by atoms with van der Waals surface area (Å²) in [5.41, 5.74) is 1.05. The molecular weight excluding hydrogens is 322 g/mol. The molecule has 132 valence electrons. The minimum Gasteiger partial charge on any atom is -0.351 e. The molecule has 2 aliphatic rings. The van der Waals surface area contributed by atoms with Crippen molar-refractivity contribution < 1.29 is 8.78 Å². The van der Waals surface area contributed by atoms with Crippen LogP contribution in [-0.4, -0.2) is 16.0 Å². The van der Waals surface area contributed by atoms with Gasteiger partial charge in [0.1, 0.15) is 5.82 Å². The molecule has 2 N–H and O–H groups in total. The molecule has 4 nitrogen and oxygen atoms in total. The molecular formula is C19H22F2N4. The summed E-state index contributed by atoms with van der Waals surface area (Å²) < 4.78 is 27.4. The van der Waals surface area contributed by atoms with Crippen LogP contribution >= 0.6 is 0 Å². The average Bonchev–Trinajstić information content (AvgIpc) is 3.45. The van der Waals surface area contributed by atoms with E-state index in [1.54, 1.807) is 0 Å². The Morgan fingerprint density at radius 2 is 1.76 bits per heavy atom. The summed E-state index contributed by atoms with van der Waals surface area (Å²) in [7, 11) is 0. The van der Waals surface area contributed by atoms with Crippen molar-refractivity contribution in [2.75, 3.05) is 10.6 Å². The largest absolute Gasteiger partial charge is 0.351 e. The molecule has 0 spiro atoms. The number of nitrogens with zero attached hydrogens (tertiary/aromatic N) is 2. The van der Waals surface area contributed by atoms with Gasteiger partial charge in [0, 0.05) is 18.0 Å². The van der Waals surface area contributed by atoms with Crippen molar-refractivity contribution in [1.82, 2.24) is 9.97 Å². The first-order valence-electron chi connectivity index (χ1n) is 9.05. The summed E-state index contributed by atoms with van der Waals surface area (Å²) in [5.74, 6) is -0.235. The minimum atomic E-state index is -0.893. The first kappa shape index (κ1) is 16.2. The Morgan fingerprint density at radius 1 is 0.960 bits per heavy atom. The van der Waals surface area contributed by atoms with Crippen LogP contribution in [0.2, 0.25) is 0 Å². The van der Waals surface area contributed by atoms with E-state index in [9.17, 15) is 8.78 Å². The molecule has 2 fully saturated rings. The fourth-order valence-electron chi connectivity index (χ4n) is 3.35. The average molecular weight is 344 g/mol. The van der Waals surface area contributed by atoms with Crippen LogP contribution in [0.4, 0.5) is 26.2 Å². The SMILES string of the molecule is Fc1cccc(Nc2cc(C3CC3)nc(NC3CCCCC3)n2)c1F. The number of hydrogen-bond donors (Lipinski definition) is 2. The fraction of sp³-hybridized carbons (Fsp3) is 0.474. The van der Waals surface area contributed by atoms with Gasteiger partial charge in [-0.1, -0.05) is 25.3 Å². The molecule has 2 aliphatic carbocycles. The van der Waals surface area contributed by atoms with Crippen LogP contribution in [0, 0.1) is 11.6 Å². The molecule has 0 unspecified atom stereocenters.